The van der Waals surface area contributed by atoms with Gasteiger partial charge in [0.1, 0.15) is 0 Å². The Labute approximate surface area is 153 Å². The summed E-state index contributed by atoms with van der Waals surface area (Å²) in [5.74, 6) is 0.223. The highest BCUT2D eigenvalue weighted by molar-refractivity contribution is 5.71. The van der Waals surface area contributed by atoms with Crippen LogP contribution in [0.5, 0.6) is 5.88 Å². The van der Waals surface area contributed by atoms with Gasteiger partial charge < -0.3 is 9.84 Å². The monoisotopic (exact) mass is 349 g/mol. The number of aliphatic hydroxyl groups excluding tert-OH is 1. The first-order chi connectivity index (χ1) is 12.2. The lowest BCUT2D eigenvalue weighted by Crippen LogP contribution is -2.08. The van der Waals surface area contributed by atoms with Crippen LogP contribution in [0.2, 0.25) is 0 Å². The third-order valence-corrected chi connectivity index (χ3v) is 4.37. The van der Waals surface area contributed by atoms with Crippen molar-refractivity contribution in [2.45, 2.75) is 90.4 Å². The Morgan fingerprint density at radius 3 is 1.92 bits per heavy atom. The van der Waals surface area contributed by atoms with E-state index in [4.69, 9.17) is 9.84 Å². The Morgan fingerprint density at radius 2 is 1.40 bits per heavy atom. The largest absolute Gasteiger partial charge is 0.407 e. The summed E-state index contributed by atoms with van der Waals surface area (Å²) in [5, 5.41) is 8.71. The fourth-order valence-corrected chi connectivity index (χ4v) is 2.89. The zero-order valence-corrected chi connectivity index (χ0v) is 15.8. The van der Waals surface area contributed by atoms with Crippen molar-refractivity contribution in [2.24, 2.45) is 0 Å². The second kappa shape index (κ2) is 14.9. The number of rotatable bonds is 15. The van der Waals surface area contributed by atoms with Crippen LogP contribution < -0.4 is 4.74 Å². The molecule has 1 N–H and O–H groups in total. The lowest BCUT2D eigenvalue weighted by molar-refractivity contribution is -0.134. The smallest absolute Gasteiger partial charge is 0.312 e. The first-order valence-electron chi connectivity index (χ1n) is 9.97. The van der Waals surface area contributed by atoms with Crippen molar-refractivity contribution in [1.29, 1.82) is 0 Å². The number of ether oxygens (including phenoxy) is 1. The van der Waals surface area contributed by atoms with E-state index in [1.165, 1.54) is 57.8 Å². The van der Waals surface area contributed by atoms with Gasteiger partial charge in [-0.05, 0) is 25.8 Å². The van der Waals surface area contributed by atoms with Gasteiger partial charge in [-0.3, -0.25) is 4.79 Å². The summed E-state index contributed by atoms with van der Waals surface area (Å²) >= 11 is 0. The quantitative estimate of drug-likeness (QED) is 0.342. The number of unbranched alkanes of at least 4 members (excludes halogenated alkanes) is 11. The number of aryl methyl sites for hydroxylation is 1. The maximum Gasteiger partial charge on any atom is 0.312 e. The molecule has 0 radical (unpaired) electrons. The number of carbonyl (C=O) groups excluding carboxylic acids is 1. The van der Waals surface area contributed by atoms with Gasteiger partial charge in [0.2, 0.25) is 5.88 Å². The summed E-state index contributed by atoms with van der Waals surface area (Å²) in [6.45, 7) is 2.22. The summed E-state index contributed by atoms with van der Waals surface area (Å²) in [4.78, 5) is 15.9. The van der Waals surface area contributed by atoms with Crippen molar-refractivity contribution in [3.63, 3.8) is 0 Å². The molecule has 142 valence electrons. The van der Waals surface area contributed by atoms with Crippen LogP contribution in [0.4, 0.5) is 0 Å². The minimum Gasteiger partial charge on any atom is -0.407 e. The molecule has 1 rings (SSSR count). The van der Waals surface area contributed by atoms with Gasteiger partial charge in [0, 0.05) is 24.8 Å². The number of aliphatic hydroxyl groups is 1. The molecule has 1 aromatic heterocycles. The first kappa shape index (κ1) is 21.6. The molecule has 25 heavy (non-hydrogen) atoms. The van der Waals surface area contributed by atoms with Crippen molar-refractivity contribution in [3.8, 4) is 5.88 Å². The van der Waals surface area contributed by atoms with Gasteiger partial charge in [0.15, 0.2) is 0 Å². The Morgan fingerprint density at radius 1 is 0.880 bits per heavy atom. The van der Waals surface area contributed by atoms with E-state index in [0.717, 1.165) is 25.0 Å². The van der Waals surface area contributed by atoms with Crippen molar-refractivity contribution in [2.75, 3.05) is 6.61 Å². The van der Waals surface area contributed by atoms with Crippen molar-refractivity contribution < 1.29 is 14.6 Å². The van der Waals surface area contributed by atoms with Gasteiger partial charge >= 0.3 is 5.97 Å². The van der Waals surface area contributed by atoms with Gasteiger partial charge in [-0.1, -0.05) is 70.3 Å². The second-order valence-corrected chi connectivity index (χ2v) is 6.81. The molecule has 0 spiro atoms. The van der Waals surface area contributed by atoms with Gasteiger partial charge in [-0.15, -0.1) is 0 Å². The van der Waals surface area contributed by atoms with E-state index in [1.807, 2.05) is 19.1 Å². The van der Waals surface area contributed by atoms with E-state index >= 15 is 0 Å². The molecule has 0 saturated heterocycles. The van der Waals surface area contributed by atoms with E-state index in [2.05, 4.69) is 4.98 Å². The lowest BCUT2D eigenvalue weighted by Gasteiger charge is -2.04. The first-order valence-corrected chi connectivity index (χ1v) is 9.97. The van der Waals surface area contributed by atoms with Gasteiger partial charge in [-0.2, -0.15) is 0 Å². The highest BCUT2D eigenvalue weighted by atomic mass is 16.5. The van der Waals surface area contributed by atoms with Gasteiger partial charge in [-0.25, -0.2) is 4.98 Å². The Hall–Kier alpha value is -1.42. The standard InChI is InChI=1S/C21H35NO3/c1-19-15-14-16-20(22-19)25-21(24)17-12-10-8-6-4-2-3-5-7-9-11-13-18-23/h14-16,23H,2-13,17-18H2,1H3. The number of hydrogen-bond donors (Lipinski definition) is 1. The maximum atomic E-state index is 11.7. The molecule has 0 atom stereocenters. The Balaban J connectivity index is 1.86. The zero-order chi connectivity index (χ0) is 18.2. The van der Waals surface area contributed by atoms with E-state index in [9.17, 15) is 4.79 Å². The third kappa shape index (κ3) is 12.6. The highest BCUT2D eigenvalue weighted by Gasteiger charge is 2.05. The Kier molecular flexibility index (Phi) is 12.9. The molecule has 0 aliphatic heterocycles. The predicted molar refractivity (Wildman–Crippen MR) is 102 cm³/mol. The third-order valence-electron chi connectivity index (χ3n) is 4.37. The number of hydrogen-bond acceptors (Lipinski definition) is 4. The fraction of sp³-hybridized carbons (Fsp3) is 0.714. The summed E-state index contributed by atoms with van der Waals surface area (Å²) in [5.41, 5.74) is 0.857. The molecule has 4 nitrogen and oxygen atoms in total. The van der Waals surface area contributed by atoms with Crippen LogP contribution in [0.3, 0.4) is 0 Å². The second-order valence-electron chi connectivity index (χ2n) is 6.81. The highest BCUT2D eigenvalue weighted by Crippen LogP contribution is 2.13. The maximum absolute atomic E-state index is 11.7. The molecule has 0 bridgehead atoms. The summed E-state index contributed by atoms with van der Waals surface area (Å²) in [7, 11) is 0. The average Bonchev–Trinajstić information content (AvgIpc) is 2.59. The van der Waals surface area contributed by atoms with Crippen LogP contribution in [-0.2, 0) is 4.79 Å². The van der Waals surface area contributed by atoms with Crippen LogP contribution in [0.25, 0.3) is 0 Å². The predicted octanol–water partition coefficient (Wildman–Crippen LogP) is 5.36. The summed E-state index contributed by atoms with van der Waals surface area (Å²) < 4.78 is 5.24. The van der Waals surface area contributed by atoms with E-state index in [-0.39, 0.29) is 5.97 Å². The Bertz CT molecular complexity index is 462. The van der Waals surface area contributed by atoms with Crippen LogP contribution >= 0.6 is 0 Å². The topological polar surface area (TPSA) is 59.4 Å². The molecule has 0 unspecified atom stereocenters. The lowest BCUT2D eigenvalue weighted by atomic mass is 10.0. The molecule has 4 heteroatoms. The minimum atomic E-state index is -0.181. The molecule has 1 heterocycles. The number of aromatic nitrogens is 1. The zero-order valence-electron chi connectivity index (χ0n) is 15.8. The van der Waals surface area contributed by atoms with Crippen molar-refractivity contribution in [1.82, 2.24) is 4.98 Å². The van der Waals surface area contributed by atoms with Crippen LogP contribution in [0.1, 0.15) is 89.2 Å². The minimum absolute atomic E-state index is 0.181. The van der Waals surface area contributed by atoms with E-state index < -0.39 is 0 Å². The molecule has 0 saturated carbocycles. The van der Waals surface area contributed by atoms with E-state index in [0.29, 0.717) is 18.9 Å². The molecule has 0 aliphatic carbocycles. The number of pyridine rings is 1. The summed E-state index contributed by atoms with van der Waals surface area (Å²) in [6, 6.07) is 5.45. The molecule has 1 aromatic rings. The molecule has 0 fully saturated rings. The van der Waals surface area contributed by atoms with Gasteiger partial charge in [0.25, 0.3) is 0 Å². The van der Waals surface area contributed by atoms with Gasteiger partial charge in [0.05, 0.1) is 0 Å². The summed E-state index contributed by atoms with van der Waals surface area (Å²) in [6.07, 6.45) is 14.9. The normalized spacial score (nSPS) is 10.8. The molecular formula is C21H35NO3. The molecule has 0 amide bonds. The van der Waals surface area contributed by atoms with Crippen molar-refractivity contribution in [3.05, 3.63) is 23.9 Å². The number of carbonyl (C=O) groups is 1. The number of nitrogens with zero attached hydrogens (tertiary/aromatic N) is 1. The number of esters is 1. The van der Waals surface area contributed by atoms with Crippen LogP contribution in [0.15, 0.2) is 18.2 Å². The molecule has 0 aliphatic rings. The molecule has 0 aromatic carbocycles. The van der Waals surface area contributed by atoms with Crippen molar-refractivity contribution >= 4 is 5.97 Å². The SMILES string of the molecule is Cc1cccc(OC(=O)CCCCCCCCCCCCCCO)n1. The van der Waals surface area contributed by atoms with Crippen LogP contribution in [-0.4, -0.2) is 22.7 Å². The fourth-order valence-electron chi connectivity index (χ4n) is 2.89. The van der Waals surface area contributed by atoms with E-state index in [1.54, 1.807) is 6.07 Å². The molecular weight excluding hydrogens is 314 g/mol. The van der Waals surface area contributed by atoms with Crippen LogP contribution in [0, 0.1) is 6.92 Å². The average molecular weight is 350 g/mol.